The molecule has 1 aromatic heterocycles. The van der Waals surface area contributed by atoms with Crippen LogP contribution in [0.2, 0.25) is 0 Å². The molecule has 2 saturated heterocycles. The van der Waals surface area contributed by atoms with E-state index in [0.717, 1.165) is 65.0 Å². The summed E-state index contributed by atoms with van der Waals surface area (Å²) in [6.45, 7) is 13.5. The largest absolute Gasteiger partial charge is 0.481 e. The van der Waals surface area contributed by atoms with Crippen LogP contribution in [0.1, 0.15) is 13.8 Å². The summed E-state index contributed by atoms with van der Waals surface area (Å²) in [6.07, 6.45) is 1.76. The number of ether oxygens (including phenoxy) is 2. The number of anilines is 1. The van der Waals surface area contributed by atoms with Crippen LogP contribution in [0.5, 0.6) is 5.88 Å². The van der Waals surface area contributed by atoms with Crippen molar-refractivity contribution in [3.05, 3.63) is 12.3 Å². The summed E-state index contributed by atoms with van der Waals surface area (Å²) < 4.78 is 10.7. The first-order valence-electron chi connectivity index (χ1n) is 8.76. The lowest BCUT2D eigenvalue weighted by molar-refractivity contribution is -0.0221. The third kappa shape index (κ3) is 4.15. The molecule has 0 amide bonds. The van der Waals surface area contributed by atoms with Crippen LogP contribution in [0.3, 0.4) is 0 Å². The van der Waals surface area contributed by atoms with E-state index in [0.29, 0.717) is 5.88 Å². The average molecular weight is 335 g/mol. The number of nitrogens with zero attached hydrogens (tertiary/aromatic N) is 5. The van der Waals surface area contributed by atoms with Crippen molar-refractivity contribution in [1.82, 2.24) is 19.8 Å². The van der Waals surface area contributed by atoms with Gasteiger partial charge in [-0.1, -0.05) is 0 Å². The van der Waals surface area contributed by atoms with Crippen molar-refractivity contribution < 1.29 is 9.47 Å². The Bertz CT molecular complexity index is 525. The molecule has 24 heavy (non-hydrogen) atoms. The summed E-state index contributed by atoms with van der Waals surface area (Å²) in [5.41, 5.74) is 0.179. The van der Waals surface area contributed by atoms with Gasteiger partial charge < -0.3 is 14.4 Å². The smallest absolute Gasteiger partial charge is 0.228 e. The molecule has 1 aromatic rings. The minimum absolute atomic E-state index is 0.179. The molecular weight excluding hydrogens is 306 g/mol. The van der Waals surface area contributed by atoms with E-state index in [1.807, 2.05) is 0 Å². The van der Waals surface area contributed by atoms with Crippen LogP contribution < -0.4 is 9.64 Å². The van der Waals surface area contributed by atoms with Gasteiger partial charge in [0, 0.05) is 63.6 Å². The molecule has 2 aliphatic heterocycles. The molecule has 3 heterocycles. The Morgan fingerprint density at radius 2 is 1.83 bits per heavy atom. The van der Waals surface area contributed by atoms with Gasteiger partial charge in [-0.2, -0.15) is 4.98 Å². The molecule has 0 aromatic carbocycles. The average Bonchev–Trinajstić information content (AvgIpc) is 2.63. The Morgan fingerprint density at radius 1 is 1.12 bits per heavy atom. The first-order chi connectivity index (χ1) is 11.6. The number of hydrogen-bond acceptors (Lipinski definition) is 7. The molecule has 2 aliphatic rings. The SMILES string of the molecule is COc1ccnc(N2CCN(CC(C)(C)N3CCOCC3)CC2)n1. The fourth-order valence-corrected chi connectivity index (χ4v) is 3.52. The van der Waals surface area contributed by atoms with E-state index in [1.165, 1.54) is 0 Å². The second-order valence-corrected chi connectivity index (χ2v) is 7.07. The predicted octanol–water partition coefficient (Wildman–Crippen LogP) is 0.718. The van der Waals surface area contributed by atoms with Crippen molar-refractivity contribution in [2.24, 2.45) is 0 Å². The maximum absolute atomic E-state index is 5.48. The van der Waals surface area contributed by atoms with Crippen LogP contribution in [0, 0.1) is 0 Å². The van der Waals surface area contributed by atoms with Crippen LogP contribution >= 0.6 is 0 Å². The minimum atomic E-state index is 0.179. The Labute approximate surface area is 144 Å². The molecule has 0 unspecified atom stereocenters. The van der Waals surface area contributed by atoms with E-state index in [1.54, 1.807) is 19.4 Å². The number of piperazine rings is 1. The normalized spacial score (nSPS) is 21.0. The molecule has 0 atom stereocenters. The van der Waals surface area contributed by atoms with Crippen molar-refractivity contribution in [3.63, 3.8) is 0 Å². The molecule has 0 aliphatic carbocycles. The van der Waals surface area contributed by atoms with E-state index in [4.69, 9.17) is 9.47 Å². The van der Waals surface area contributed by atoms with Gasteiger partial charge in [-0.25, -0.2) is 4.98 Å². The van der Waals surface area contributed by atoms with Gasteiger partial charge in [-0.05, 0) is 13.8 Å². The fourth-order valence-electron chi connectivity index (χ4n) is 3.52. The maximum atomic E-state index is 5.48. The van der Waals surface area contributed by atoms with Crippen molar-refractivity contribution in [2.75, 3.05) is 71.0 Å². The first kappa shape index (κ1) is 17.4. The van der Waals surface area contributed by atoms with Crippen LogP contribution in [0.15, 0.2) is 12.3 Å². The minimum Gasteiger partial charge on any atom is -0.481 e. The lowest BCUT2D eigenvalue weighted by Crippen LogP contribution is -2.58. The van der Waals surface area contributed by atoms with Crippen LogP contribution in [-0.2, 0) is 4.74 Å². The van der Waals surface area contributed by atoms with Crippen molar-refractivity contribution in [3.8, 4) is 5.88 Å². The second-order valence-electron chi connectivity index (χ2n) is 7.07. The van der Waals surface area contributed by atoms with Gasteiger partial charge in [-0.15, -0.1) is 0 Å². The van der Waals surface area contributed by atoms with Gasteiger partial charge in [0.15, 0.2) is 0 Å². The van der Waals surface area contributed by atoms with Crippen molar-refractivity contribution in [1.29, 1.82) is 0 Å². The maximum Gasteiger partial charge on any atom is 0.228 e. The summed E-state index contributed by atoms with van der Waals surface area (Å²) in [7, 11) is 1.64. The topological polar surface area (TPSA) is 54.0 Å². The highest BCUT2D eigenvalue weighted by atomic mass is 16.5. The van der Waals surface area contributed by atoms with Crippen LogP contribution in [0.25, 0.3) is 0 Å². The molecule has 134 valence electrons. The fraction of sp³-hybridized carbons (Fsp3) is 0.765. The van der Waals surface area contributed by atoms with Gasteiger partial charge in [0.2, 0.25) is 11.8 Å². The molecule has 7 nitrogen and oxygen atoms in total. The van der Waals surface area contributed by atoms with Crippen molar-refractivity contribution in [2.45, 2.75) is 19.4 Å². The molecule has 0 radical (unpaired) electrons. The van der Waals surface area contributed by atoms with Gasteiger partial charge in [0.05, 0.1) is 20.3 Å². The highest BCUT2D eigenvalue weighted by molar-refractivity contribution is 5.32. The van der Waals surface area contributed by atoms with E-state index >= 15 is 0 Å². The lowest BCUT2D eigenvalue weighted by Gasteiger charge is -2.45. The zero-order valence-corrected chi connectivity index (χ0v) is 15.1. The van der Waals surface area contributed by atoms with E-state index < -0.39 is 0 Å². The molecule has 0 spiro atoms. The van der Waals surface area contributed by atoms with Gasteiger partial charge >= 0.3 is 0 Å². The first-order valence-corrected chi connectivity index (χ1v) is 8.76. The molecule has 0 N–H and O–H groups in total. The monoisotopic (exact) mass is 335 g/mol. The van der Waals surface area contributed by atoms with Gasteiger partial charge in [-0.3, -0.25) is 9.80 Å². The predicted molar refractivity (Wildman–Crippen MR) is 93.7 cm³/mol. The number of methoxy groups -OCH3 is 1. The molecular formula is C17H29N5O2. The standard InChI is InChI=1S/C17H29N5O2/c1-17(2,22-10-12-24-13-11-22)14-20-6-8-21(9-7-20)16-18-5-4-15(19-16)23-3/h4-5H,6-14H2,1-3H3. The molecule has 0 saturated carbocycles. The third-order valence-corrected chi connectivity index (χ3v) is 4.96. The zero-order chi connectivity index (χ0) is 17.0. The van der Waals surface area contributed by atoms with Crippen LogP contribution in [0.4, 0.5) is 5.95 Å². The second kappa shape index (κ2) is 7.63. The highest BCUT2D eigenvalue weighted by Crippen LogP contribution is 2.20. The molecule has 2 fully saturated rings. The number of aromatic nitrogens is 2. The number of rotatable bonds is 5. The Kier molecular flexibility index (Phi) is 5.53. The highest BCUT2D eigenvalue weighted by Gasteiger charge is 2.31. The number of morpholine rings is 1. The third-order valence-electron chi connectivity index (χ3n) is 4.96. The molecule has 3 rings (SSSR count). The summed E-state index contributed by atoms with van der Waals surface area (Å²) in [6, 6.07) is 1.78. The Hall–Kier alpha value is -1.44. The molecule has 0 bridgehead atoms. The van der Waals surface area contributed by atoms with Crippen LogP contribution in [-0.4, -0.2) is 91.4 Å². The summed E-state index contributed by atoms with van der Waals surface area (Å²) in [5.74, 6) is 1.39. The van der Waals surface area contributed by atoms with Gasteiger partial charge in [0.25, 0.3) is 0 Å². The van der Waals surface area contributed by atoms with E-state index in [9.17, 15) is 0 Å². The summed E-state index contributed by atoms with van der Waals surface area (Å²) in [4.78, 5) is 16.2. The van der Waals surface area contributed by atoms with Crippen molar-refractivity contribution >= 4 is 5.95 Å². The van der Waals surface area contributed by atoms with Gasteiger partial charge in [0.1, 0.15) is 0 Å². The van der Waals surface area contributed by atoms with E-state index in [-0.39, 0.29) is 5.54 Å². The lowest BCUT2D eigenvalue weighted by atomic mass is 10.0. The Balaban J connectivity index is 1.52. The molecule has 7 heteroatoms. The zero-order valence-electron chi connectivity index (χ0n) is 15.1. The summed E-state index contributed by atoms with van der Waals surface area (Å²) in [5, 5.41) is 0. The Morgan fingerprint density at radius 3 is 2.50 bits per heavy atom. The number of hydrogen-bond donors (Lipinski definition) is 0. The quantitative estimate of drug-likeness (QED) is 0.786. The summed E-state index contributed by atoms with van der Waals surface area (Å²) >= 11 is 0. The van der Waals surface area contributed by atoms with E-state index in [2.05, 4.69) is 38.5 Å².